The highest BCUT2D eigenvalue weighted by Gasteiger charge is 2.10. The van der Waals surface area contributed by atoms with E-state index >= 15 is 0 Å². The molecule has 1 aromatic rings. The summed E-state index contributed by atoms with van der Waals surface area (Å²) in [4.78, 5) is 0.895. The zero-order chi connectivity index (χ0) is 12.8. The van der Waals surface area contributed by atoms with Gasteiger partial charge in [0, 0.05) is 22.4 Å². The van der Waals surface area contributed by atoms with Gasteiger partial charge in [0.15, 0.2) is 11.6 Å². The molecule has 0 amide bonds. The van der Waals surface area contributed by atoms with E-state index in [4.69, 9.17) is 10.5 Å². The van der Waals surface area contributed by atoms with Crippen LogP contribution in [0, 0.1) is 11.7 Å². The van der Waals surface area contributed by atoms with E-state index in [-0.39, 0.29) is 5.82 Å². The van der Waals surface area contributed by atoms with Crippen LogP contribution in [0.2, 0.25) is 0 Å². The number of hydrogen-bond donors (Lipinski definition) is 1. The van der Waals surface area contributed by atoms with E-state index in [0.29, 0.717) is 24.0 Å². The van der Waals surface area contributed by atoms with Gasteiger partial charge < -0.3 is 10.5 Å². The Morgan fingerprint density at radius 1 is 1.41 bits per heavy atom. The number of ether oxygens (including phenoxy) is 1. The van der Waals surface area contributed by atoms with Crippen LogP contribution in [0.5, 0.6) is 5.75 Å². The molecule has 0 bridgehead atoms. The highest BCUT2D eigenvalue weighted by Crippen LogP contribution is 2.32. The maximum absolute atomic E-state index is 13.5. The van der Waals surface area contributed by atoms with Crippen molar-refractivity contribution in [3.05, 3.63) is 17.9 Å². The summed E-state index contributed by atoms with van der Waals surface area (Å²) in [6.07, 6.45) is 0.859. The molecule has 0 unspecified atom stereocenters. The van der Waals surface area contributed by atoms with Crippen molar-refractivity contribution < 1.29 is 9.13 Å². The Balaban J connectivity index is 2.81. The summed E-state index contributed by atoms with van der Waals surface area (Å²) in [5, 5.41) is 0. The summed E-state index contributed by atoms with van der Waals surface area (Å²) >= 11 is 1.64. The predicted octanol–water partition coefficient (Wildman–Crippen LogP) is 3.94. The lowest BCUT2D eigenvalue weighted by atomic mass is 10.3. The molecule has 0 aliphatic rings. The van der Waals surface area contributed by atoms with Gasteiger partial charge in [0.1, 0.15) is 0 Å². The summed E-state index contributed by atoms with van der Waals surface area (Å²) in [6.45, 7) is 6.79. The second kappa shape index (κ2) is 6.74. The van der Waals surface area contributed by atoms with Gasteiger partial charge in [-0.15, -0.1) is 11.8 Å². The second-order valence-electron chi connectivity index (χ2n) is 4.37. The van der Waals surface area contributed by atoms with Crippen LogP contribution < -0.4 is 10.5 Å². The minimum absolute atomic E-state index is 0.298. The molecular formula is C13H20FNOS. The van der Waals surface area contributed by atoms with Crippen LogP contribution in [0.25, 0.3) is 0 Å². The van der Waals surface area contributed by atoms with Gasteiger partial charge in [0.25, 0.3) is 0 Å². The average Bonchev–Trinajstić information content (AvgIpc) is 2.26. The topological polar surface area (TPSA) is 35.2 Å². The van der Waals surface area contributed by atoms with E-state index in [1.807, 2.05) is 6.92 Å². The molecule has 1 aromatic carbocycles. The van der Waals surface area contributed by atoms with E-state index in [2.05, 4.69) is 13.8 Å². The SMILES string of the molecule is CCCOc1cc(SCC(C)C)c(N)cc1F. The van der Waals surface area contributed by atoms with Crippen molar-refractivity contribution in [1.29, 1.82) is 0 Å². The van der Waals surface area contributed by atoms with Crippen LogP contribution in [-0.4, -0.2) is 12.4 Å². The number of anilines is 1. The first-order valence-electron chi connectivity index (χ1n) is 5.89. The summed E-state index contributed by atoms with van der Waals surface area (Å²) in [5.74, 6) is 1.45. The number of halogens is 1. The molecule has 0 saturated heterocycles. The summed E-state index contributed by atoms with van der Waals surface area (Å²) in [5.41, 5.74) is 6.27. The summed E-state index contributed by atoms with van der Waals surface area (Å²) in [7, 11) is 0. The van der Waals surface area contributed by atoms with Gasteiger partial charge in [-0.2, -0.15) is 0 Å². The molecule has 96 valence electrons. The van der Waals surface area contributed by atoms with Crippen molar-refractivity contribution in [2.45, 2.75) is 32.1 Å². The second-order valence-corrected chi connectivity index (χ2v) is 5.44. The van der Waals surface area contributed by atoms with Crippen LogP contribution in [0.1, 0.15) is 27.2 Å². The number of hydrogen-bond acceptors (Lipinski definition) is 3. The van der Waals surface area contributed by atoms with Crippen LogP contribution in [0.15, 0.2) is 17.0 Å². The standard InChI is InChI=1S/C13H20FNOS/c1-4-5-16-12-7-13(17-8-9(2)3)11(15)6-10(12)14/h6-7,9H,4-5,8,15H2,1-3H3. The number of nitrogen functional groups attached to an aromatic ring is 1. The minimum atomic E-state index is -0.384. The van der Waals surface area contributed by atoms with Crippen LogP contribution in [-0.2, 0) is 0 Å². The van der Waals surface area contributed by atoms with Gasteiger partial charge in [-0.25, -0.2) is 4.39 Å². The van der Waals surface area contributed by atoms with Gasteiger partial charge in [-0.3, -0.25) is 0 Å². The molecule has 0 spiro atoms. The number of rotatable bonds is 6. The average molecular weight is 257 g/mol. The molecule has 0 aromatic heterocycles. The van der Waals surface area contributed by atoms with E-state index < -0.39 is 0 Å². The van der Waals surface area contributed by atoms with Gasteiger partial charge in [0.05, 0.1) is 6.61 Å². The molecular weight excluding hydrogens is 237 g/mol. The maximum atomic E-state index is 13.5. The van der Waals surface area contributed by atoms with Gasteiger partial charge >= 0.3 is 0 Å². The fourth-order valence-corrected chi connectivity index (χ4v) is 2.18. The highest BCUT2D eigenvalue weighted by atomic mass is 32.2. The van der Waals surface area contributed by atoms with Gasteiger partial charge in [0.2, 0.25) is 0 Å². The van der Waals surface area contributed by atoms with Crippen LogP contribution in [0.4, 0.5) is 10.1 Å². The Labute approximate surface area is 107 Å². The largest absolute Gasteiger partial charge is 0.490 e. The molecule has 0 saturated carbocycles. The lowest BCUT2D eigenvalue weighted by Crippen LogP contribution is -2.00. The fraction of sp³-hybridized carbons (Fsp3) is 0.538. The summed E-state index contributed by atoms with van der Waals surface area (Å²) in [6, 6.07) is 3.04. The fourth-order valence-electron chi connectivity index (χ4n) is 1.25. The molecule has 0 aliphatic heterocycles. The van der Waals surface area contributed by atoms with Crippen LogP contribution in [0.3, 0.4) is 0 Å². The van der Waals surface area contributed by atoms with E-state index in [0.717, 1.165) is 17.1 Å². The molecule has 2 nitrogen and oxygen atoms in total. The van der Waals surface area contributed by atoms with Crippen molar-refractivity contribution >= 4 is 17.4 Å². The maximum Gasteiger partial charge on any atom is 0.167 e. The Morgan fingerprint density at radius 2 is 2.12 bits per heavy atom. The number of nitrogens with two attached hydrogens (primary N) is 1. The van der Waals surface area contributed by atoms with Crippen molar-refractivity contribution in [3.8, 4) is 5.75 Å². The molecule has 0 radical (unpaired) electrons. The third-order valence-corrected chi connectivity index (χ3v) is 3.60. The molecule has 0 heterocycles. The van der Waals surface area contributed by atoms with Gasteiger partial charge in [-0.1, -0.05) is 20.8 Å². The lowest BCUT2D eigenvalue weighted by molar-refractivity contribution is 0.300. The first-order chi connectivity index (χ1) is 8.04. The van der Waals surface area contributed by atoms with Crippen molar-refractivity contribution in [2.75, 3.05) is 18.1 Å². The van der Waals surface area contributed by atoms with Crippen molar-refractivity contribution in [2.24, 2.45) is 5.92 Å². The highest BCUT2D eigenvalue weighted by molar-refractivity contribution is 7.99. The lowest BCUT2D eigenvalue weighted by Gasteiger charge is -2.11. The molecule has 2 N–H and O–H groups in total. The van der Waals surface area contributed by atoms with E-state index in [1.165, 1.54) is 6.07 Å². The van der Waals surface area contributed by atoms with Crippen molar-refractivity contribution in [3.63, 3.8) is 0 Å². The Morgan fingerprint density at radius 3 is 2.71 bits per heavy atom. The van der Waals surface area contributed by atoms with E-state index in [1.54, 1.807) is 17.8 Å². The molecule has 0 atom stereocenters. The smallest absolute Gasteiger partial charge is 0.167 e. The van der Waals surface area contributed by atoms with Crippen LogP contribution >= 0.6 is 11.8 Å². The molecule has 4 heteroatoms. The zero-order valence-corrected chi connectivity index (χ0v) is 11.4. The van der Waals surface area contributed by atoms with Gasteiger partial charge in [-0.05, 0) is 18.4 Å². The normalized spacial score (nSPS) is 10.9. The third kappa shape index (κ3) is 4.46. The minimum Gasteiger partial charge on any atom is -0.490 e. The molecule has 0 fully saturated rings. The van der Waals surface area contributed by atoms with E-state index in [9.17, 15) is 4.39 Å². The molecule has 1 rings (SSSR count). The first-order valence-corrected chi connectivity index (χ1v) is 6.87. The monoisotopic (exact) mass is 257 g/mol. The molecule has 17 heavy (non-hydrogen) atoms. The predicted molar refractivity (Wildman–Crippen MR) is 72.2 cm³/mol. The molecule has 0 aliphatic carbocycles. The summed E-state index contributed by atoms with van der Waals surface area (Å²) < 4.78 is 18.9. The van der Waals surface area contributed by atoms with Crippen molar-refractivity contribution in [1.82, 2.24) is 0 Å². The Bertz CT molecular complexity index is 369. The quantitative estimate of drug-likeness (QED) is 0.619. The Kier molecular flexibility index (Phi) is 5.62. The Hall–Kier alpha value is -0.900. The number of benzene rings is 1. The number of thioether (sulfide) groups is 1. The first kappa shape index (κ1) is 14.2. The third-order valence-electron chi connectivity index (χ3n) is 2.10. The zero-order valence-electron chi connectivity index (χ0n) is 10.6.